The van der Waals surface area contributed by atoms with Gasteiger partial charge in [0, 0.05) is 18.9 Å². The number of hydrogen-bond acceptors (Lipinski definition) is 2. The molecule has 0 aromatic carbocycles. The predicted molar refractivity (Wildman–Crippen MR) is 75.3 cm³/mol. The molecule has 0 bridgehead atoms. The molecule has 0 radical (unpaired) electrons. The number of hydrogen-bond donors (Lipinski definition) is 1. The summed E-state index contributed by atoms with van der Waals surface area (Å²) in [5, 5.41) is 0. The Bertz CT molecular complexity index is 337. The molecule has 1 aromatic rings. The Morgan fingerprint density at radius 3 is 2.61 bits per heavy atom. The highest BCUT2D eigenvalue weighted by atomic mass is 15.1. The fraction of sp³-hybridized carbons (Fsp3) is 0.800. The quantitative estimate of drug-likeness (QED) is 0.885. The fourth-order valence-corrected chi connectivity index (χ4v) is 3.11. The molecule has 3 heteroatoms. The Hall–Kier alpha value is -0.830. The van der Waals surface area contributed by atoms with E-state index in [-0.39, 0.29) is 6.04 Å². The van der Waals surface area contributed by atoms with Crippen molar-refractivity contribution in [1.29, 1.82) is 0 Å². The maximum absolute atomic E-state index is 6.48. The molecule has 3 nitrogen and oxygen atoms in total. The molecule has 1 atom stereocenters. The van der Waals surface area contributed by atoms with Crippen LogP contribution in [0.4, 0.5) is 0 Å². The van der Waals surface area contributed by atoms with Gasteiger partial charge in [0.05, 0.1) is 6.04 Å². The van der Waals surface area contributed by atoms with Gasteiger partial charge in [-0.25, -0.2) is 4.98 Å². The normalized spacial score (nSPS) is 20.3. The maximum atomic E-state index is 6.48. The smallest absolute Gasteiger partial charge is 0.125 e. The maximum Gasteiger partial charge on any atom is 0.125 e. The monoisotopic (exact) mass is 249 g/mol. The third kappa shape index (κ3) is 3.35. The summed E-state index contributed by atoms with van der Waals surface area (Å²) in [6.07, 6.45) is 14.5. The van der Waals surface area contributed by atoms with Crippen LogP contribution in [0, 0.1) is 5.92 Å². The van der Waals surface area contributed by atoms with Gasteiger partial charge in [-0.05, 0) is 25.2 Å². The Morgan fingerprint density at radius 2 is 1.94 bits per heavy atom. The van der Waals surface area contributed by atoms with Gasteiger partial charge in [0.15, 0.2) is 0 Å². The fourth-order valence-electron chi connectivity index (χ4n) is 3.11. The van der Waals surface area contributed by atoms with Gasteiger partial charge in [0.25, 0.3) is 0 Å². The molecule has 1 unspecified atom stereocenters. The van der Waals surface area contributed by atoms with Gasteiger partial charge in [-0.1, -0.05) is 39.0 Å². The number of rotatable bonds is 4. The van der Waals surface area contributed by atoms with Crippen LogP contribution in [0.3, 0.4) is 0 Å². The molecule has 0 amide bonds. The summed E-state index contributed by atoms with van der Waals surface area (Å²) in [5.41, 5.74) is 6.48. The highest BCUT2D eigenvalue weighted by Gasteiger charge is 2.23. The number of imidazole rings is 1. The average molecular weight is 249 g/mol. The molecule has 2 N–H and O–H groups in total. The van der Waals surface area contributed by atoms with E-state index < -0.39 is 0 Å². The molecule has 0 spiro atoms. The zero-order chi connectivity index (χ0) is 12.8. The Balaban J connectivity index is 2.03. The van der Waals surface area contributed by atoms with E-state index >= 15 is 0 Å². The first-order chi connectivity index (χ1) is 8.83. The molecule has 1 aliphatic rings. The van der Waals surface area contributed by atoms with Crippen molar-refractivity contribution in [2.75, 3.05) is 0 Å². The van der Waals surface area contributed by atoms with E-state index in [1.807, 2.05) is 6.20 Å². The van der Waals surface area contributed by atoms with Crippen molar-refractivity contribution in [1.82, 2.24) is 9.55 Å². The standard InChI is InChI=1S/C15H27N3/c1-2-11-18-12-10-17-15(18)14(16)13-8-6-4-3-5-7-9-13/h10,12-14H,2-9,11,16H2,1H3. The van der Waals surface area contributed by atoms with Crippen LogP contribution in [-0.2, 0) is 6.54 Å². The van der Waals surface area contributed by atoms with E-state index in [0.29, 0.717) is 5.92 Å². The third-order valence-electron chi connectivity index (χ3n) is 4.17. The first-order valence-electron chi connectivity index (χ1n) is 7.59. The van der Waals surface area contributed by atoms with E-state index in [1.54, 1.807) is 0 Å². The topological polar surface area (TPSA) is 43.8 Å². The number of aryl methyl sites for hydroxylation is 1. The molecule has 0 aliphatic heterocycles. The predicted octanol–water partition coefficient (Wildman–Crippen LogP) is 3.65. The molecular formula is C15H27N3. The largest absolute Gasteiger partial charge is 0.334 e. The Labute approximate surface area is 111 Å². The molecule has 0 saturated heterocycles. The van der Waals surface area contributed by atoms with Crippen LogP contribution in [0.2, 0.25) is 0 Å². The lowest BCUT2D eigenvalue weighted by molar-refractivity contribution is 0.314. The molecule has 18 heavy (non-hydrogen) atoms. The lowest BCUT2D eigenvalue weighted by Crippen LogP contribution is -2.25. The minimum Gasteiger partial charge on any atom is -0.334 e. The van der Waals surface area contributed by atoms with Gasteiger partial charge in [-0.15, -0.1) is 0 Å². The molecule has 1 aromatic heterocycles. The lowest BCUT2D eigenvalue weighted by Gasteiger charge is -2.26. The zero-order valence-electron chi connectivity index (χ0n) is 11.6. The molecule has 1 saturated carbocycles. The second-order valence-electron chi connectivity index (χ2n) is 5.61. The average Bonchev–Trinajstić information content (AvgIpc) is 2.76. The molecule has 1 heterocycles. The summed E-state index contributed by atoms with van der Waals surface area (Å²) in [7, 11) is 0. The van der Waals surface area contributed by atoms with Crippen LogP contribution < -0.4 is 5.73 Å². The van der Waals surface area contributed by atoms with E-state index in [1.165, 1.54) is 44.9 Å². The first kappa shape index (κ1) is 13.6. The van der Waals surface area contributed by atoms with Crippen molar-refractivity contribution in [2.45, 2.75) is 70.9 Å². The summed E-state index contributed by atoms with van der Waals surface area (Å²) in [4.78, 5) is 4.50. The van der Waals surface area contributed by atoms with Gasteiger partial charge >= 0.3 is 0 Å². The Morgan fingerprint density at radius 1 is 1.28 bits per heavy atom. The van der Waals surface area contributed by atoms with Crippen LogP contribution in [0.5, 0.6) is 0 Å². The van der Waals surface area contributed by atoms with Gasteiger partial charge in [-0.2, -0.15) is 0 Å². The van der Waals surface area contributed by atoms with Crippen LogP contribution in [0.1, 0.15) is 70.2 Å². The van der Waals surface area contributed by atoms with Crippen molar-refractivity contribution in [3.8, 4) is 0 Å². The highest BCUT2D eigenvalue weighted by molar-refractivity contribution is 5.00. The SMILES string of the molecule is CCCn1ccnc1C(N)C1CCCCCCC1. The van der Waals surface area contributed by atoms with Crippen LogP contribution in [-0.4, -0.2) is 9.55 Å². The second-order valence-corrected chi connectivity index (χ2v) is 5.61. The van der Waals surface area contributed by atoms with Crippen molar-refractivity contribution in [2.24, 2.45) is 11.7 Å². The van der Waals surface area contributed by atoms with Crippen molar-refractivity contribution in [3.05, 3.63) is 18.2 Å². The zero-order valence-corrected chi connectivity index (χ0v) is 11.6. The van der Waals surface area contributed by atoms with Gasteiger partial charge < -0.3 is 10.3 Å². The number of nitrogens with two attached hydrogens (primary N) is 1. The molecule has 2 rings (SSSR count). The van der Waals surface area contributed by atoms with Crippen molar-refractivity contribution >= 4 is 0 Å². The molecular weight excluding hydrogens is 222 g/mol. The van der Waals surface area contributed by atoms with E-state index in [2.05, 4.69) is 22.7 Å². The minimum absolute atomic E-state index is 0.129. The molecule has 102 valence electrons. The minimum atomic E-state index is 0.129. The van der Waals surface area contributed by atoms with Crippen LogP contribution in [0.15, 0.2) is 12.4 Å². The number of aromatic nitrogens is 2. The van der Waals surface area contributed by atoms with Crippen molar-refractivity contribution in [3.63, 3.8) is 0 Å². The van der Waals surface area contributed by atoms with Gasteiger partial charge in [0.2, 0.25) is 0 Å². The first-order valence-corrected chi connectivity index (χ1v) is 7.59. The summed E-state index contributed by atoms with van der Waals surface area (Å²) in [6.45, 7) is 3.24. The Kier molecular flexibility index (Phi) is 5.24. The molecule has 1 aliphatic carbocycles. The second kappa shape index (κ2) is 6.93. The summed E-state index contributed by atoms with van der Waals surface area (Å²) >= 11 is 0. The van der Waals surface area contributed by atoms with E-state index in [0.717, 1.165) is 18.8 Å². The number of nitrogens with zero attached hydrogens (tertiary/aromatic N) is 2. The van der Waals surface area contributed by atoms with Crippen LogP contribution >= 0.6 is 0 Å². The summed E-state index contributed by atoms with van der Waals surface area (Å²) in [5.74, 6) is 1.73. The van der Waals surface area contributed by atoms with Gasteiger partial charge in [-0.3, -0.25) is 0 Å². The van der Waals surface area contributed by atoms with E-state index in [4.69, 9.17) is 5.73 Å². The lowest BCUT2D eigenvalue weighted by atomic mass is 9.86. The third-order valence-corrected chi connectivity index (χ3v) is 4.17. The van der Waals surface area contributed by atoms with Gasteiger partial charge in [0.1, 0.15) is 5.82 Å². The van der Waals surface area contributed by atoms with Crippen LogP contribution in [0.25, 0.3) is 0 Å². The van der Waals surface area contributed by atoms with Crippen molar-refractivity contribution < 1.29 is 0 Å². The summed E-state index contributed by atoms with van der Waals surface area (Å²) < 4.78 is 2.24. The summed E-state index contributed by atoms with van der Waals surface area (Å²) in [6, 6.07) is 0.129. The highest BCUT2D eigenvalue weighted by Crippen LogP contribution is 2.30. The van der Waals surface area contributed by atoms with E-state index in [9.17, 15) is 0 Å². The molecule has 1 fully saturated rings.